The first kappa shape index (κ1) is 13.1. The summed E-state index contributed by atoms with van der Waals surface area (Å²) in [6, 6.07) is 2.17. The molecule has 0 saturated carbocycles. The molecule has 1 saturated heterocycles. The molecule has 0 spiro atoms. The quantitative estimate of drug-likeness (QED) is 0.828. The van der Waals surface area contributed by atoms with Crippen LogP contribution in [0.5, 0.6) is 0 Å². The van der Waals surface area contributed by atoms with Gasteiger partial charge in [0.1, 0.15) is 17.5 Å². The molecular weight excluding hydrogens is 228 g/mol. The Labute approximate surface area is 108 Å². The van der Waals surface area contributed by atoms with Crippen LogP contribution in [0.15, 0.2) is 6.07 Å². The summed E-state index contributed by atoms with van der Waals surface area (Å²) in [6.07, 6.45) is 4.09. The van der Waals surface area contributed by atoms with Crippen molar-refractivity contribution in [1.82, 2.24) is 9.97 Å². The number of aryl methyl sites for hydroxylation is 1. The lowest BCUT2D eigenvalue weighted by Gasteiger charge is -2.24. The van der Waals surface area contributed by atoms with Crippen molar-refractivity contribution in [2.45, 2.75) is 38.6 Å². The second-order valence-electron chi connectivity index (χ2n) is 4.70. The van der Waals surface area contributed by atoms with E-state index in [1.54, 1.807) is 0 Å². The number of hydrogen-bond acceptors (Lipinski definition) is 5. The number of aliphatic hydroxyl groups excluding tert-OH is 1. The SMILES string of the molecule is CCCc1nc(NC)cc(N2CCCC2CO)n1. The molecule has 2 N–H and O–H groups in total. The Morgan fingerprint density at radius 1 is 1.50 bits per heavy atom. The lowest BCUT2D eigenvalue weighted by atomic mass is 10.2. The van der Waals surface area contributed by atoms with Crippen molar-refractivity contribution < 1.29 is 5.11 Å². The van der Waals surface area contributed by atoms with Crippen LogP contribution in [-0.2, 0) is 6.42 Å². The first-order chi connectivity index (χ1) is 8.78. The van der Waals surface area contributed by atoms with Gasteiger partial charge in [0.15, 0.2) is 0 Å². The van der Waals surface area contributed by atoms with Gasteiger partial charge in [0.25, 0.3) is 0 Å². The maximum atomic E-state index is 9.40. The molecule has 1 aliphatic rings. The minimum absolute atomic E-state index is 0.196. The van der Waals surface area contributed by atoms with Gasteiger partial charge in [-0.15, -0.1) is 0 Å². The molecule has 0 aromatic carbocycles. The third-order valence-corrected chi connectivity index (χ3v) is 3.37. The molecule has 2 heterocycles. The Kier molecular flexibility index (Phi) is 4.36. The van der Waals surface area contributed by atoms with Crippen molar-refractivity contribution in [3.8, 4) is 0 Å². The van der Waals surface area contributed by atoms with Gasteiger partial charge in [-0.3, -0.25) is 0 Å². The van der Waals surface area contributed by atoms with Gasteiger partial charge in [-0.1, -0.05) is 6.92 Å². The number of aliphatic hydroxyl groups is 1. The minimum Gasteiger partial charge on any atom is -0.394 e. The summed E-state index contributed by atoms with van der Waals surface area (Å²) in [5.74, 6) is 2.67. The Bertz CT molecular complexity index is 397. The topological polar surface area (TPSA) is 61.3 Å². The Balaban J connectivity index is 2.27. The minimum atomic E-state index is 0.196. The van der Waals surface area contributed by atoms with Gasteiger partial charge in [0, 0.05) is 26.1 Å². The second kappa shape index (κ2) is 6.00. The third kappa shape index (κ3) is 2.72. The van der Waals surface area contributed by atoms with Crippen LogP contribution in [0.25, 0.3) is 0 Å². The summed E-state index contributed by atoms with van der Waals surface area (Å²) in [7, 11) is 1.87. The van der Waals surface area contributed by atoms with Crippen LogP contribution >= 0.6 is 0 Å². The molecule has 18 heavy (non-hydrogen) atoms. The van der Waals surface area contributed by atoms with E-state index in [0.29, 0.717) is 0 Å². The molecule has 0 bridgehead atoms. The van der Waals surface area contributed by atoms with Crippen molar-refractivity contribution in [3.05, 3.63) is 11.9 Å². The summed E-state index contributed by atoms with van der Waals surface area (Å²) >= 11 is 0. The van der Waals surface area contributed by atoms with Gasteiger partial charge in [0.05, 0.1) is 12.6 Å². The lowest BCUT2D eigenvalue weighted by Crippen LogP contribution is -2.33. The van der Waals surface area contributed by atoms with Crippen LogP contribution in [0.4, 0.5) is 11.6 Å². The van der Waals surface area contributed by atoms with E-state index in [1.807, 2.05) is 13.1 Å². The second-order valence-corrected chi connectivity index (χ2v) is 4.70. The summed E-state index contributed by atoms with van der Waals surface area (Å²) in [6.45, 7) is 3.29. The highest BCUT2D eigenvalue weighted by molar-refractivity contribution is 5.50. The van der Waals surface area contributed by atoms with Crippen LogP contribution in [0.3, 0.4) is 0 Å². The third-order valence-electron chi connectivity index (χ3n) is 3.37. The lowest BCUT2D eigenvalue weighted by molar-refractivity contribution is 0.266. The molecule has 1 unspecified atom stereocenters. The van der Waals surface area contributed by atoms with Gasteiger partial charge in [-0.05, 0) is 19.3 Å². The zero-order valence-electron chi connectivity index (χ0n) is 11.2. The molecule has 5 nitrogen and oxygen atoms in total. The maximum Gasteiger partial charge on any atom is 0.134 e. The predicted octanol–water partition coefficient (Wildman–Crippen LogP) is 1.43. The summed E-state index contributed by atoms with van der Waals surface area (Å²) < 4.78 is 0. The highest BCUT2D eigenvalue weighted by Gasteiger charge is 2.25. The fourth-order valence-corrected chi connectivity index (χ4v) is 2.42. The fourth-order valence-electron chi connectivity index (χ4n) is 2.42. The first-order valence-corrected chi connectivity index (χ1v) is 6.71. The van der Waals surface area contributed by atoms with Crippen molar-refractivity contribution in [2.24, 2.45) is 0 Å². The summed E-state index contributed by atoms with van der Waals surface area (Å²) in [5.41, 5.74) is 0. The fraction of sp³-hybridized carbons (Fsp3) is 0.692. The normalized spacial score (nSPS) is 19.3. The Morgan fingerprint density at radius 3 is 3.00 bits per heavy atom. The molecule has 0 aliphatic carbocycles. The molecular formula is C13H22N4O. The van der Waals surface area contributed by atoms with E-state index in [9.17, 15) is 5.11 Å². The molecule has 1 atom stereocenters. The molecule has 1 aromatic heterocycles. The summed E-state index contributed by atoms with van der Waals surface area (Å²) in [5, 5.41) is 12.5. The molecule has 0 amide bonds. The van der Waals surface area contributed by atoms with Gasteiger partial charge in [-0.2, -0.15) is 0 Å². The van der Waals surface area contributed by atoms with Crippen molar-refractivity contribution in [1.29, 1.82) is 0 Å². The molecule has 0 radical (unpaired) electrons. The van der Waals surface area contributed by atoms with Crippen molar-refractivity contribution in [3.63, 3.8) is 0 Å². The molecule has 1 aliphatic heterocycles. The van der Waals surface area contributed by atoms with E-state index in [-0.39, 0.29) is 12.6 Å². The number of nitrogens with zero attached hydrogens (tertiary/aromatic N) is 3. The zero-order chi connectivity index (χ0) is 13.0. The number of nitrogens with one attached hydrogen (secondary N) is 1. The number of hydrogen-bond donors (Lipinski definition) is 2. The highest BCUT2D eigenvalue weighted by atomic mass is 16.3. The molecule has 1 aromatic rings. The van der Waals surface area contributed by atoms with Gasteiger partial charge < -0.3 is 15.3 Å². The monoisotopic (exact) mass is 250 g/mol. The van der Waals surface area contributed by atoms with Crippen LogP contribution in [0, 0.1) is 0 Å². The van der Waals surface area contributed by atoms with Crippen molar-refractivity contribution in [2.75, 3.05) is 30.4 Å². The van der Waals surface area contributed by atoms with Gasteiger partial charge >= 0.3 is 0 Å². The van der Waals surface area contributed by atoms with Crippen LogP contribution in [0.2, 0.25) is 0 Å². The van der Waals surface area contributed by atoms with Crippen LogP contribution in [-0.4, -0.2) is 41.3 Å². The Morgan fingerprint density at radius 2 is 2.33 bits per heavy atom. The van der Waals surface area contributed by atoms with Gasteiger partial charge in [0.2, 0.25) is 0 Å². The van der Waals surface area contributed by atoms with E-state index in [0.717, 1.165) is 49.7 Å². The average molecular weight is 250 g/mol. The largest absolute Gasteiger partial charge is 0.394 e. The van der Waals surface area contributed by atoms with Gasteiger partial charge in [-0.25, -0.2) is 9.97 Å². The van der Waals surface area contributed by atoms with E-state index in [4.69, 9.17) is 0 Å². The van der Waals surface area contributed by atoms with Crippen molar-refractivity contribution >= 4 is 11.6 Å². The average Bonchev–Trinajstić information content (AvgIpc) is 2.87. The van der Waals surface area contributed by atoms with Crippen LogP contribution in [0.1, 0.15) is 32.0 Å². The van der Waals surface area contributed by atoms with Crippen LogP contribution < -0.4 is 10.2 Å². The smallest absolute Gasteiger partial charge is 0.134 e. The number of aromatic nitrogens is 2. The zero-order valence-corrected chi connectivity index (χ0v) is 11.2. The first-order valence-electron chi connectivity index (χ1n) is 6.71. The maximum absolute atomic E-state index is 9.40. The molecule has 1 fully saturated rings. The van der Waals surface area contributed by atoms with E-state index >= 15 is 0 Å². The molecule has 100 valence electrons. The standard InChI is InChI=1S/C13H22N4O/c1-3-5-11-15-12(14-2)8-13(16-11)17-7-4-6-10(17)9-18/h8,10,18H,3-7,9H2,1-2H3,(H,14,15,16). The predicted molar refractivity (Wildman–Crippen MR) is 73.0 cm³/mol. The van der Waals surface area contributed by atoms with E-state index in [2.05, 4.69) is 27.1 Å². The molecule has 2 rings (SSSR count). The Hall–Kier alpha value is -1.36. The van der Waals surface area contributed by atoms with E-state index in [1.165, 1.54) is 0 Å². The number of anilines is 2. The van der Waals surface area contributed by atoms with E-state index < -0.39 is 0 Å². The summed E-state index contributed by atoms with van der Waals surface area (Å²) in [4.78, 5) is 11.3. The highest BCUT2D eigenvalue weighted by Crippen LogP contribution is 2.25. The molecule has 5 heteroatoms. The number of rotatable bonds is 5.